The van der Waals surface area contributed by atoms with Gasteiger partial charge in [0.25, 0.3) is 0 Å². The van der Waals surface area contributed by atoms with Crippen LogP contribution in [-0.2, 0) is 27.2 Å². The van der Waals surface area contributed by atoms with Crippen molar-refractivity contribution in [1.29, 1.82) is 0 Å². The number of fused-ring (bicyclic) bond motifs is 3. The molecule has 2 aromatic carbocycles. The van der Waals surface area contributed by atoms with Gasteiger partial charge in [-0.1, -0.05) is 70.2 Å². The van der Waals surface area contributed by atoms with Gasteiger partial charge < -0.3 is 29.8 Å². The third-order valence-corrected chi connectivity index (χ3v) is 10.6. The Morgan fingerprint density at radius 2 is 1.57 bits per heavy atom. The van der Waals surface area contributed by atoms with E-state index >= 15 is 0 Å². The molecule has 0 unspecified atom stereocenters. The maximum Gasteiger partial charge on any atom is 0.407 e. The number of aromatic amines is 2. The summed E-state index contributed by atoms with van der Waals surface area (Å²) in [4.78, 5) is 59.2. The Balaban J connectivity index is 1.05. The van der Waals surface area contributed by atoms with Gasteiger partial charge in [-0.2, -0.15) is 0 Å². The lowest BCUT2D eigenvalue weighted by Crippen LogP contribution is -2.51. The maximum atomic E-state index is 13.5. The van der Waals surface area contributed by atoms with Gasteiger partial charge in [-0.15, -0.1) is 0 Å². The molecule has 3 amide bonds. The van der Waals surface area contributed by atoms with Crippen molar-refractivity contribution in [3.8, 4) is 33.6 Å². The van der Waals surface area contributed by atoms with Gasteiger partial charge in [0.05, 0.1) is 36.8 Å². The summed E-state index contributed by atoms with van der Waals surface area (Å²) >= 11 is 0. The molecule has 11 heteroatoms. The van der Waals surface area contributed by atoms with Gasteiger partial charge in [0.1, 0.15) is 17.7 Å². The highest BCUT2D eigenvalue weighted by Gasteiger charge is 2.38. The number of amides is 3. The van der Waals surface area contributed by atoms with E-state index in [9.17, 15) is 14.4 Å². The van der Waals surface area contributed by atoms with Crippen LogP contribution in [0.15, 0.2) is 48.7 Å². The molecular formula is C40H49N7O4. The van der Waals surface area contributed by atoms with E-state index in [-0.39, 0.29) is 29.8 Å². The molecule has 0 bridgehead atoms. The second kappa shape index (κ2) is 14.4. The number of aromatic nitrogens is 4. The van der Waals surface area contributed by atoms with E-state index in [2.05, 4.69) is 71.6 Å². The number of ether oxygens (including phenoxy) is 1. The lowest BCUT2D eigenvalue weighted by molar-refractivity contribution is -0.135. The van der Waals surface area contributed by atoms with Crippen molar-refractivity contribution in [2.45, 2.75) is 90.8 Å². The standard InChI is InChI=1S/C40H49N7O4/c1-23(2)20-34(48)46-18-6-9-33(46)38-42-30-17-15-28-21-27(14-16-29(28)36(30)44-38)25-10-12-26(13-11-25)31-22-41-37(43-31)32-8-7-19-47(32)39(49)35(24(3)4)45-40(50)51-5/h10-14,16,21-24,32-33,35H,6-9,15,17-20H2,1-5H3,(H,41,43)(H,42,44)(H,45,50)/t32-,33-,35-/m0/s1. The fraction of sp³-hybridized carbons (Fsp3) is 0.475. The van der Waals surface area contributed by atoms with Crippen LogP contribution in [0.25, 0.3) is 33.6 Å². The minimum atomic E-state index is -0.670. The van der Waals surface area contributed by atoms with Crippen LogP contribution < -0.4 is 5.32 Å². The van der Waals surface area contributed by atoms with Crippen molar-refractivity contribution in [2.75, 3.05) is 20.2 Å². The summed E-state index contributed by atoms with van der Waals surface area (Å²) in [5.74, 6) is 2.03. The minimum absolute atomic E-state index is 0.0289. The monoisotopic (exact) mass is 691 g/mol. The summed E-state index contributed by atoms with van der Waals surface area (Å²) in [6.07, 6.45) is 7.26. The molecule has 268 valence electrons. The Labute approximate surface area is 299 Å². The van der Waals surface area contributed by atoms with E-state index in [1.54, 1.807) is 0 Å². The molecule has 51 heavy (non-hydrogen) atoms. The fourth-order valence-corrected chi connectivity index (χ4v) is 7.97. The van der Waals surface area contributed by atoms with Crippen LogP contribution in [0.2, 0.25) is 0 Å². The van der Waals surface area contributed by atoms with Crippen molar-refractivity contribution < 1.29 is 19.1 Å². The van der Waals surface area contributed by atoms with E-state index < -0.39 is 12.1 Å². The number of carbonyl (C=O) groups is 3. The number of nitrogens with zero attached hydrogens (tertiary/aromatic N) is 4. The Bertz CT molecular complexity index is 1910. The number of methoxy groups -OCH3 is 1. The maximum absolute atomic E-state index is 13.5. The van der Waals surface area contributed by atoms with Crippen molar-refractivity contribution in [3.05, 3.63) is 71.6 Å². The molecular weight excluding hydrogens is 642 g/mol. The highest BCUT2D eigenvalue weighted by molar-refractivity contribution is 5.86. The van der Waals surface area contributed by atoms with E-state index in [4.69, 9.17) is 14.7 Å². The number of nitrogens with one attached hydrogen (secondary N) is 3. The number of benzene rings is 2. The van der Waals surface area contributed by atoms with Crippen molar-refractivity contribution in [2.24, 2.45) is 11.8 Å². The third-order valence-electron chi connectivity index (χ3n) is 10.6. The zero-order valence-corrected chi connectivity index (χ0v) is 30.3. The predicted molar refractivity (Wildman–Crippen MR) is 195 cm³/mol. The zero-order chi connectivity index (χ0) is 35.8. The lowest BCUT2D eigenvalue weighted by Gasteiger charge is -2.30. The van der Waals surface area contributed by atoms with Crippen LogP contribution in [0.4, 0.5) is 4.79 Å². The smallest absolute Gasteiger partial charge is 0.407 e. The fourth-order valence-electron chi connectivity index (χ4n) is 7.97. The van der Waals surface area contributed by atoms with Crippen LogP contribution in [0, 0.1) is 11.8 Å². The second-order valence-electron chi connectivity index (χ2n) is 15.0. The summed E-state index contributed by atoms with van der Waals surface area (Å²) in [7, 11) is 1.30. The Kier molecular flexibility index (Phi) is 9.72. The predicted octanol–water partition coefficient (Wildman–Crippen LogP) is 6.99. The van der Waals surface area contributed by atoms with E-state index in [1.807, 2.05) is 29.8 Å². The summed E-state index contributed by atoms with van der Waals surface area (Å²) in [6, 6.07) is 14.3. The average molecular weight is 692 g/mol. The highest BCUT2D eigenvalue weighted by atomic mass is 16.5. The molecule has 2 fully saturated rings. The summed E-state index contributed by atoms with van der Waals surface area (Å²) < 4.78 is 4.76. The second-order valence-corrected chi connectivity index (χ2v) is 15.0. The molecule has 2 aromatic heterocycles. The van der Waals surface area contributed by atoms with E-state index in [0.717, 1.165) is 84.8 Å². The molecule has 0 radical (unpaired) electrons. The first-order valence-corrected chi connectivity index (χ1v) is 18.4. The zero-order valence-electron chi connectivity index (χ0n) is 30.3. The first-order valence-electron chi connectivity index (χ1n) is 18.4. The summed E-state index contributed by atoms with van der Waals surface area (Å²) in [5, 5.41) is 2.71. The minimum Gasteiger partial charge on any atom is -0.453 e. The number of rotatable bonds is 9. The van der Waals surface area contributed by atoms with Gasteiger partial charge >= 0.3 is 6.09 Å². The number of alkyl carbamates (subject to hydrolysis) is 1. The molecule has 7 rings (SSSR count). The molecule has 2 aliphatic heterocycles. The van der Waals surface area contributed by atoms with Crippen molar-refractivity contribution in [3.63, 3.8) is 0 Å². The van der Waals surface area contributed by atoms with Crippen molar-refractivity contribution in [1.82, 2.24) is 35.1 Å². The van der Waals surface area contributed by atoms with Gasteiger partial charge in [-0.25, -0.2) is 14.8 Å². The van der Waals surface area contributed by atoms with Gasteiger partial charge in [-0.05, 0) is 72.6 Å². The Hall–Kier alpha value is -4.93. The number of likely N-dealkylation sites (tertiary alicyclic amines) is 2. The van der Waals surface area contributed by atoms with Gasteiger partial charge in [0, 0.05) is 30.8 Å². The average Bonchev–Trinajstić information content (AvgIpc) is 3.95. The Morgan fingerprint density at radius 1 is 0.882 bits per heavy atom. The van der Waals surface area contributed by atoms with Gasteiger partial charge in [0.15, 0.2) is 0 Å². The number of carbonyl (C=O) groups excluding carboxylic acids is 3. The number of H-pyrrole nitrogens is 2. The molecule has 1 aliphatic carbocycles. The first-order chi connectivity index (χ1) is 24.6. The first kappa shape index (κ1) is 34.5. The number of imidazole rings is 2. The van der Waals surface area contributed by atoms with Crippen LogP contribution in [-0.4, -0.2) is 73.9 Å². The van der Waals surface area contributed by atoms with E-state index in [1.165, 1.54) is 23.9 Å². The topological polar surface area (TPSA) is 136 Å². The normalized spacial score (nSPS) is 19.0. The number of aryl methyl sites for hydroxylation is 2. The largest absolute Gasteiger partial charge is 0.453 e. The molecule has 3 aliphatic rings. The molecule has 4 heterocycles. The highest BCUT2D eigenvalue weighted by Crippen LogP contribution is 2.39. The SMILES string of the molecule is COC(=O)N[C@H](C(=O)N1CCC[C@H]1c1ncc(-c2ccc(-c3ccc4c(c3)CCc3[nH]c([C@@H]5CCCN5C(=O)CC(C)C)nc3-4)cc2)[nH]1)C(C)C. The number of hydrogen-bond donors (Lipinski definition) is 3. The molecule has 4 aromatic rings. The number of hydrogen-bond acceptors (Lipinski definition) is 6. The third kappa shape index (κ3) is 6.90. The van der Waals surface area contributed by atoms with Crippen molar-refractivity contribution >= 4 is 17.9 Å². The van der Waals surface area contributed by atoms with Gasteiger partial charge in [-0.3, -0.25) is 9.59 Å². The van der Waals surface area contributed by atoms with Crippen LogP contribution >= 0.6 is 0 Å². The quantitative estimate of drug-likeness (QED) is 0.173. The Morgan fingerprint density at radius 3 is 2.27 bits per heavy atom. The molecule has 11 nitrogen and oxygen atoms in total. The summed E-state index contributed by atoms with van der Waals surface area (Å²) in [5.41, 5.74) is 8.84. The van der Waals surface area contributed by atoms with E-state index in [0.29, 0.717) is 18.9 Å². The van der Waals surface area contributed by atoms with Crippen LogP contribution in [0.5, 0.6) is 0 Å². The van der Waals surface area contributed by atoms with Crippen LogP contribution in [0.1, 0.15) is 94.8 Å². The van der Waals surface area contributed by atoms with Gasteiger partial charge in [0.2, 0.25) is 11.8 Å². The molecule has 2 saturated heterocycles. The lowest BCUT2D eigenvalue weighted by atomic mass is 9.89. The molecule has 0 saturated carbocycles. The summed E-state index contributed by atoms with van der Waals surface area (Å²) in [6.45, 7) is 9.43. The molecule has 0 spiro atoms. The molecule has 3 atom stereocenters. The van der Waals surface area contributed by atoms with Crippen LogP contribution in [0.3, 0.4) is 0 Å². The molecule has 3 N–H and O–H groups in total.